The zero-order valence-electron chi connectivity index (χ0n) is 19.3. The number of carbonyl (C=O) groups is 1. The van der Waals surface area contributed by atoms with Gasteiger partial charge in [0.1, 0.15) is 11.9 Å². The highest BCUT2D eigenvalue weighted by Crippen LogP contribution is 2.27. The number of aliphatic imine (C=N–C) groups is 1. The van der Waals surface area contributed by atoms with Crippen molar-refractivity contribution in [2.45, 2.75) is 19.9 Å². The molecular formula is C25H31FN4O3. The lowest BCUT2D eigenvalue weighted by atomic mass is 10.0. The number of nitrogens with zero attached hydrogens (tertiary/aromatic N) is 3. The van der Waals surface area contributed by atoms with E-state index in [9.17, 15) is 4.79 Å². The fourth-order valence-electron chi connectivity index (χ4n) is 3.78. The van der Waals surface area contributed by atoms with Crippen LogP contribution in [0.15, 0.2) is 65.8 Å². The van der Waals surface area contributed by atoms with Crippen LogP contribution in [-0.2, 0) is 14.4 Å². The molecule has 2 aromatic rings. The molecule has 33 heavy (non-hydrogen) atoms. The van der Waals surface area contributed by atoms with E-state index in [1.165, 1.54) is 13.2 Å². The largest absolute Gasteiger partial charge is 0.468 e. The number of esters is 1. The maximum atomic E-state index is 15.0. The molecule has 176 valence electrons. The van der Waals surface area contributed by atoms with Gasteiger partial charge in [-0.15, -0.1) is 0 Å². The Morgan fingerprint density at radius 1 is 1.12 bits per heavy atom. The fourth-order valence-corrected chi connectivity index (χ4v) is 3.78. The van der Waals surface area contributed by atoms with E-state index in [1.807, 2.05) is 49.1 Å². The number of nitrogens with two attached hydrogens (primary N) is 1. The second-order valence-corrected chi connectivity index (χ2v) is 8.21. The highest BCUT2D eigenvalue weighted by molar-refractivity contribution is 5.95. The van der Waals surface area contributed by atoms with Gasteiger partial charge in [0.15, 0.2) is 0 Å². The highest BCUT2D eigenvalue weighted by atomic mass is 19.1. The normalized spacial score (nSPS) is 15.9. The molecule has 7 nitrogen and oxygen atoms in total. The van der Waals surface area contributed by atoms with Gasteiger partial charge in [0.05, 0.1) is 12.8 Å². The number of anilines is 1. The Morgan fingerprint density at radius 3 is 2.33 bits per heavy atom. The van der Waals surface area contributed by atoms with Crippen LogP contribution in [0.4, 0.5) is 10.1 Å². The average molecular weight is 455 g/mol. The minimum atomic E-state index is -0.486. The summed E-state index contributed by atoms with van der Waals surface area (Å²) in [6, 6.07) is 13.8. The van der Waals surface area contributed by atoms with Crippen molar-refractivity contribution in [1.29, 1.82) is 0 Å². The molecule has 1 fully saturated rings. The van der Waals surface area contributed by atoms with Gasteiger partial charge in [0.25, 0.3) is 0 Å². The van der Waals surface area contributed by atoms with Gasteiger partial charge < -0.3 is 14.5 Å². The summed E-state index contributed by atoms with van der Waals surface area (Å²) in [6.07, 6.45) is 0. The molecule has 0 aliphatic carbocycles. The predicted octanol–water partition coefficient (Wildman–Crippen LogP) is 3.67. The smallest absolute Gasteiger partial charge is 0.327 e. The third kappa shape index (κ3) is 5.77. The number of allylic oxidation sites excluding steroid dienone is 1. The third-order valence-electron chi connectivity index (χ3n) is 5.78. The van der Waals surface area contributed by atoms with E-state index in [0.29, 0.717) is 43.1 Å². The molecule has 8 heteroatoms. The summed E-state index contributed by atoms with van der Waals surface area (Å²) < 4.78 is 20.1. The van der Waals surface area contributed by atoms with Crippen molar-refractivity contribution < 1.29 is 18.8 Å². The molecule has 1 aliphatic rings. The van der Waals surface area contributed by atoms with E-state index in [2.05, 4.69) is 16.5 Å². The number of halogens is 1. The molecule has 3 rings (SSSR count). The van der Waals surface area contributed by atoms with Gasteiger partial charge in [0, 0.05) is 37.4 Å². The number of benzene rings is 2. The van der Waals surface area contributed by atoms with E-state index in [0.717, 1.165) is 5.56 Å². The Hall–Kier alpha value is -3.23. The first-order chi connectivity index (χ1) is 15.8. The first-order valence-electron chi connectivity index (χ1n) is 10.9. The van der Waals surface area contributed by atoms with E-state index in [4.69, 9.17) is 15.5 Å². The highest BCUT2D eigenvalue weighted by Gasteiger charge is 2.31. The molecule has 1 saturated heterocycles. The molecule has 1 atom stereocenters. The Morgan fingerprint density at radius 2 is 1.79 bits per heavy atom. The molecule has 2 N–H and O–H groups in total. The van der Waals surface area contributed by atoms with Crippen LogP contribution >= 0.6 is 0 Å². The number of ether oxygens (including phenoxy) is 1. The lowest BCUT2D eigenvalue weighted by Gasteiger charge is -2.39. The lowest BCUT2D eigenvalue weighted by Crippen LogP contribution is -2.49. The van der Waals surface area contributed by atoms with E-state index in [1.54, 1.807) is 12.1 Å². The number of methoxy groups -OCH3 is 1. The average Bonchev–Trinajstić information content (AvgIpc) is 2.83. The standard InChI is InChI=1S/C25H31FN4O3/c1-17(2)18(3)28-24(33-27)20-10-11-22(21(26)16-20)29-12-14-30(15-13-29)23(25(31)32-4)19-8-6-5-7-9-19/h5-11,16-17,23H,3,12-15,27H2,1-2,4H3/b28-24-. The van der Waals surface area contributed by atoms with Crippen LogP contribution in [-0.4, -0.2) is 50.1 Å². The number of hydrogen-bond acceptors (Lipinski definition) is 7. The van der Waals surface area contributed by atoms with E-state index < -0.39 is 11.9 Å². The van der Waals surface area contributed by atoms with Crippen LogP contribution in [0.3, 0.4) is 0 Å². The first kappa shape index (κ1) is 24.4. The Balaban J connectivity index is 1.74. The van der Waals surface area contributed by atoms with Crippen molar-refractivity contribution in [3.8, 4) is 0 Å². The summed E-state index contributed by atoms with van der Waals surface area (Å²) in [4.78, 5) is 25.7. The van der Waals surface area contributed by atoms with Crippen molar-refractivity contribution in [3.05, 3.63) is 77.8 Å². The van der Waals surface area contributed by atoms with E-state index >= 15 is 4.39 Å². The monoisotopic (exact) mass is 454 g/mol. The number of piperazine rings is 1. The summed E-state index contributed by atoms with van der Waals surface area (Å²) in [5, 5.41) is 0. The van der Waals surface area contributed by atoms with Gasteiger partial charge in [-0.05, 0) is 29.7 Å². The molecule has 1 heterocycles. The Bertz CT molecular complexity index is 1000. The first-order valence-corrected chi connectivity index (χ1v) is 10.9. The van der Waals surface area contributed by atoms with Crippen LogP contribution < -0.4 is 10.8 Å². The van der Waals surface area contributed by atoms with Gasteiger partial charge >= 0.3 is 5.97 Å². The zero-order valence-corrected chi connectivity index (χ0v) is 19.3. The van der Waals surface area contributed by atoms with Crippen molar-refractivity contribution in [3.63, 3.8) is 0 Å². The maximum Gasteiger partial charge on any atom is 0.327 e. The summed E-state index contributed by atoms with van der Waals surface area (Å²) in [7, 11) is 1.39. The summed E-state index contributed by atoms with van der Waals surface area (Å²) >= 11 is 0. The quantitative estimate of drug-likeness (QED) is 0.298. The molecule has 0 amide bonds. The van der Waals surface area contributed by atoms with Gasteiger partial charge in [-0.3, -0.25) is 4.90 Å². The molecule has 1 aliphatic heterocycles. The molecule has 0 aromatic heterocycles. The zero-order chi connectivity index (χ0) is 24.0. The Kier molecular flexibility index (Phi) is 8.19. The van der Waals surface area contributed by atoms with Crippen LogP contribution in [0.2, 0.25) is 0 Å². The summed E-state index contributed by atoms with van der Waals surface area (Å²) in [5.41, 5.74) is 2.39. The van der Waals surface area contributed by atoms with Crippen LogP contribution in [0.5, 0.6) is 0 Å². The minimum absolute atomic E-state index is 0.111. The topological polar surface area (TPSA) is 80.4 Å². The molecule has 0 radical (unpaired) electrons. The van der Waals surface area contributed by atoms with Gasteiger partial charge in [0.2, 0.25) is 5.90 Å². The molecule has 1 unspecified atom stereocenters. The molecule has 0 saturated carbocycles. The molecular weight excluding hydrogens is 423 g/mol. The third-order valence-corrected chi connectivity index (χ3v) is 5.78. The van der Waals surface area contributed by atoms with E-state index in [-0.39, 0.29) is 17.8 Å². The van der Waals surface area contributed by atoms with Crippen molar-refractivity contribution >= 4 is 17.6 Å². The predicted molar refractivity (Wildman–Crippen MR) is 127 cm³/mol. The van der Waals surface area contributed by atoms with Crippen molar-refractivity contribution in [1.82, 2.24) is 4.90 Å². The van der Waals surface area contributed by atoms with Gasteiger partial charge in [-0.2, -0.15) is 5.90 Å². The summed E-state index contributed by atoms with van der Waals surface area (Å²) in [6.45, 7) is 10.1. The molecule has 0 spiro atoms. The van der Waals surface area contributed by atoms with Gasteiger partial charge in [-0.1, -0.05) is 50.8 Å². The lowest BCUT2D eigenvalue weighted by molar-refractivity contribution is -0.147. The van der Waals surface area contributed by atoms with Crippen LogP contribution in [0.1, 0.15) is 31.0 Å². The maximum absolute atomic E-state index is 15.0. The fraction of sp³-hybridized carbons (Fsp3) is 0.360. The van der Waals surface area contributed by atoms with Crippen molar-refractivity contribution in [2.24, 2.45) is 16.8 Å². The second-order valence-electron chi connectivity index (χ2n) is 8.21. The minimum Gasteiger partial charge on any atom is -0.468 e. The second kappa shape index (κ2) is 11.1. The van der Waals surface area contributed by atoms with Gasteiger partial charge in [-0.25, -0.2) is 14.2 Å². The number of rotatable bonds is 7. The number of carbonyl (C=O) groups excluding carboxylic acids is 1. The SMILES string of the molecule is C=C(/N=C(\ON)c1ccc(N2CCN(C(C(=O)OC)c3ccccc3)CC2)c(F)c1)C(C)C. The summed E-state index contributed by atoms with van der Waals surface area (Å²) in [5.74, 6) is 4.89. The molecule has 2 aromatic carbocycles. The van der Waals surface area contributed by atoms with Crippen molar-refractivity contribution in [2.75, 3.05) is 38.2 Å². The molecule has 0 bridgehead atoms. The van der Waals surface area contributed by atoms with Crippen LogP contribution in [0, 0.1) is 11.7 Å². The number of hydrogen-bond donors (Lipinski definition) is 1. The Labute approximate surface area is 194 Å². The van der Waals surface area contributed by atoms with Crippen LogP contribution in [0.25, 0.3) is 0 Å².